The fraction of sp³-hybridized carbons (Fsp3) is 0.417. The van der Waals surface area contributed by atoms with Crippen LogP contribution >= 0.6 is 0 Å². The predicted octanol–water partition coefficient (Wildman–Crippen LogP) is 2.40. The summed E-state index contributed by atoms with van der Waals surface area (Å²) in [5.74, 6) is 0.308. The van der Waals surface area contributed by atoms with E-state index in [2.05, 4.69) is 19.1 Å². The van der Waals surface area contributed by atoms with Crippen molar-refractivity contribution >= 4 is 11.6 Å². The molecule has 2 rings (SSSR count). The third kappa shape index (κ3) is 1.63. The number of rotatable bonds is 1. The minimum atomic E-state index is 0.0306. The Labute approximate surface area is 89.6 Å². The van der Waals surface area contributed by atoms with Crippen molar-refractivity contribution in [2.45, 2.75) is 26.2 Å². The lowest BCUT2D eigenvalue weighted by molar-refractivity contribution is -0.125. The molecule has 3 heteroatoms. The van der Waals surface area contributed by atoms with Crippen LogP contribution in [0.15, 0.2) is 18.2 Å². The van der Waals surface area contributed by atoms with Gasteiger partial charge >= 0.3 is 0 Å². The van der Waals surface area contributed by atoms with Gasteiger partial charge in [0.15, 0.2) is 0 Å². The van der Waals surface area contributed by atoms with Gasteiger partial charge in [-0.15, -0.1) is 0 Å². The van der Waals surface area contributed by atoms with Gasteiger partial charge in [0.25, 0.3) is 5.91 Å². The summed E-state index contributed by atoms with van der Waals surface area (Å²) < 4.78 is 0. The number of hydrogen-bond acceptors (Lipinski definition) is 2. The molecule has 0 radical (unpaired) electrons. The molecule has 0 aliphatic carbocycles. The lowest BCUT2D eigenvalue weighted by Crippen LogP contribution is -2.35. The van der Waals surface area contributed by atoms with Crippen molar-refractivity contribution in [3.05, 3.63) is 29.3 Å². The van der Waals surface area contributed by atoms with E-state index < -0.39 is 0 Å². The first-order valence-electron chi connectivity index (χ1n) is 5.11. The molecule has 1 aliphatic heterocycles. The van der Waals surface area contributed by atoms with Crippen LogP contribution in [-0.4, -0.2) is 13.0 Å². The maximum atomic E-state index is 11.7. The molecule has 3 nitrogen and oxygen atoms in total. The van der Waals surface area contributed by atoms with Crippen molar-refractivity contribution in [3.63, 3.8) is 0 Å². The van der Waals surface area contributed by atoms with E-state index in [0.717, 1.165) is 11.3 Å². The fourth-order valence-corrected chi connectivity index (χ4v) is 2.04. The molecule has 1 aromatic rings. The number of benzene rings is 1. The summed E-state index contributed by atoms with van der Waals surface area (Å²) in [7, 11) is 1.53. The lowest BCUT2D eigenvalue weighted by atomic mass is 9.91. The molecule has 1 atom stereocenters. The molecule has 1 aliphatic rings. The molecule has 0 fully saturated rings. The van der Waals surface area contributed by atoms with Crippen molar-refractivity contribution in [1.82, 2.24) is 0 Å². The zero-order valence-electron chi connectivity index (χ0n) is 9.28. The Balaban J connectivity index is 2.54. The smallest absolute Gasteiger partial charge is 0.251 e. The van der Waals surface area contributed by atoms with Crippen LogP contribution < -0.4 is 5.06 Å². The molecule has 0 aromatic heterocycles. The van der Waals surface area contributed by atoms with Crippen LogP contribution in [0.2, 0.25) is 0 Å². The minimum absolute atomic E-state index is 0.0306. The number of fused-ring (bicyclic) bond motifs is 1. The highest BCUT2D eigenvalue weighted by molar-refractivity contribution is 5.95. The fourth-order valence-electron chi connectivity index (χ4n) is 2.04. The number of hydroxylamine groups is 1. The molecule has 1 heterocycles. The zero-order chi connectivity index (χ0) is 11.0. The largest absolute Gasteiger partial charge is 0.272 e. The van der Waals surface area contributed by atoms with E-state index in [1.165, 1.54) is 17.7 Å². The Kier molecular flexibility index (Phi) is 2.49. The molecular formula is C12H15NO2. The van der Waals surface area contributed by atoms with E-state index in [0.29, 0.717) is 6.42 Å². The second-order valence-corrected chi connectivity index (χ2v) is 4.04. The van der Waals surface area contributed by atoms with E-state index in [1.807, 2.05) is 13.0 Å². The van der Waals surface area contributed by atoms with Crippen molar-refractivity contribution in [3.8, 4) is 0 Å². The SMILES string of the molecule is CON1C(=O)C[C@H](C)c2ccc(C)cc21. The van der Waals surface area contributed by atoms with Gasteiger partial charge in [-0.3, -0.25) is 9.63 Å². The van der Waals surface area contributed by atoms with Gasteiger partial charge in [0.05, 0.1) is 12.8 Å². The van der Waals surface area contributed by atoms with E-state index in [9.17, 15) is 4.79 Å². The number of aryl methyl sites for hydroxylation is 1. The molecule has 15 heavy (non-hydrogen) atoms. The normalized spacial score (nSPS) is 20.3. The number of amides is 1. The molecule has 1 amide bonds. The molecule has 0 saturated carbocycles. The molecule has 0 unspecified atom stereocenters. The summed E-state index contributed by atoms with van der Waals surface area (Å²) in [6, 6.07) is 6.14. The van der Waals surface area contributed by atoms with Crippen LogP contribution in [0.25, 0.3) is 0 Å². The Bertz CT molecular complexity index is 401. The Morgan fingerprint density at radius 2 is 2.20 bits per heavy atom. The number of hydrogen-bond donors (Lipinski definition) is 0. The van der Waals surface area contributed by atoms with Gasteiger partial charge in [0, 0.05) is 6.42 Å². The minimum Gasteiger partial charge on any atom is -0.272 e. The molecular weight excluding hydrogens is 190 g/mol. The Morgan fingerprint density at radius 3 is 2.87 bits per heavy atom. The average molecular weight is 205 g/mol. The van der Waals surface area contributed by atoms with Crippen LogP contribution in [0.4, 0.5) is 5.69 Å². The lowest BCUT2D eigenvalue weighted by Gasteiger charge is -2.30. The van der Waals surface area contributed by atoms with Gasteiger partial charge in [-0.25, -0.2) is 0 Å². The third-order valence-electron chi connectivity index (χ3n) is 2.83. The second-order valence-electron chi connectivity index (χ2n) is 4.04. The first kappa shape index (κ1) is 10.2. The van der Waals surface area contributed by atoms with Gasteiger partial charge in [-0.05, 0) is 30.0 Å². The van der Waals surface area contributed by atoms with Crippen LogP contribution in [0, 0.1) is 6.92 Å². The number of nitrogens with zero attached hydrogens (tertiary/aromatic N) is 1. The Morgan fingerprint density at radius 1 is 1.47 bits per heavy atom. The topological polar surface area (TPSA) is 29.5 Å². The Hall–Kier alpha value is -1.35. The van der Waals surface area contributed by atoms with Gasteiger partial charge < -0.3 is 0 Å². The highest BCUT2D eigenvalue weighted by atomic mass is 16.7. The quantitative estimate of drug-likeness (QED) is 0.704. The van der Waals surface area contributed by atoms with Crippen LogP contribution in [0.5, 0.6) is 0 Å². The highest BCUT2D eigenvalue weighted by Gasteiger charge is 2.29. The average Bonchev–Trinajstić information content (AvgIpc) is 2.17. The summed E-state index contributed by atoms with van der Waals surface area (Å²) in [6.07, 6.45) is 0.518. The van der Waals surface area contributed by atoms with Crippen molar-refractivity contribution < 1.29 is 9.63 Å². The molecule has 1 aromatic carbocycles. The molecule has 0 saturated heterocycles. The van der Waals surface area contributed by atoms with E-state index in [-0.39, 0.29) is 11.8 Å². The second kappa shape index (κ2) is 3.66. The summed E-state index contributed by atoms with van der Waals surface area (Å²) in [4.78, 5) is 16.8. The van der Waals surface area contributed by atoms with Gasteiger partial charge in [0.1, 0.15) is 0 Å². The third-order valence-corrected chi connectivity index (χ3v) is 2.83. The molecule has 0 bridgehead atoms. The van der Waals surface area contributed by atoms with E-state index >= 15 is 0 Å². The first-order chi connectivity index (χ1) is 7.13. The van der Waals surface area contributed by atoms with Gasteiger partial charge in [-0.2, -0.15) is 5.06 Å². The zero-order valence-corrected chi connectivity index (χ0v) is 9.28. The van der Waals surface area contributed by atoms with Gasteiger partial charge in [0.2, 0.25) is 0 Å². The maximum Gasteiger partial charge on any atom is 0.251 e. The summed E-state index contributed by atoms with van der Waals surface area (Å²) in [5, 5.41) is 1.39. The molecule has 0 spiro atoms. The van der Waals surface area contributed by atoms with Gasteiger partial charge in [-0.1, -0.05) is 19.1 Å². The van der Waals surface area contributed by atoms with Crippen LogP contribution in [0.1, 0.15) is 30.4 Å². The first-order valence-corrected chi connectivity index (χ1v) is 5.11. The van der Waals surface area contributed by atoms with Crippen molar-refractivity contribution in [2.75, 3.05) is 12.2 Å². The highest BCUT2D eigenvalue weighted by Crippen LogP contribution is 2.36. The van der Waals surface area contributed by atoms with Crippen LogP contribution in [-0.2, 0) is 9.63 Å². The van der Waals surface area contributed by atoms with E-state index in [4.69, 9.17) is 4.84 Å². The van der Waals surface area contributed by atoms with Crippen LogP contribution in [0.3, 0.4) is 0 Å². The monoisotopic (exact) mass is 205 g/mol. The summed E-state index contributed by atoms with van der Waals surface area (Å²) in [6.45, 7) is 4.08. The van der Waals surface area contributed by atoms with Crippen molar-refractivity contribution in [1.29, 1.82) is 0 Å². The molecule has 0 N–H and O–H groups in total. The maximum absolute atomic E-state index is 11.7. The summed E-state index contributed by atoms with van der Waals surface area (Å²) in [5.41, 5.74) is 3.21. The number of anilines is 1. The van der Waals surface area contributed by atoms with E-state index in [1.54, 1.807) is 0 Å². The number of carbonyl (C=O) groups is 1. The number of carbonyl (C=O) groups excluding carboxylic acids is 1. The standard InChI is InChI=1S/C12H15NO2/c1-8-4-5-10-9(2)7-12(14)13(15-3)11(10)6-8/h4-6,9H,7H2,1-3H3/t9-/m0/s1. The predicted molar refractivity (Wildman–Crippen MR) is 58.7 cm³/mol. The van der Waals surface area contributed by atoms with Crippen molar-refractivity contribution in [2.24, 2.45) is 0 Å². The summed E-state index contributed by atoms with van der Waals surface area (Å²) >= 11 is 0. The molecule has 80 valence electrons.